The number of aliphatic hydroxyl groups is 2. The molecule has 1 rings (SSSR count). The second-order valence-corrected chi connectivity index (χ2v) is 2.65. The van der Waals surface area contributed by atoms with Gasteiger partial charge in [-0.2, -0.15) is 5.10 Å². The minimum Gasteiger partial charge on any atom is -0.394 e. The molecule has 5 heteroatoms. The molecule has 1 unspecified atom stereocenters. The van der Waals surface area contributed by atoms with Crippen molar-refractivity contribution in [2.45, 2.75) is 12.6 Å². The molecule has 2 N–H and O–H groups in total. The van der Waals surface area contributed by atoms with Crippen LogP contribution in [0.15, 0.2) is 12.4 Å². The van der Waals surface area contributed by atoms with Gasteiger partial charge in [0.25, 0.3) is 0 Å². The van der Waals surface area contributed by atoms with Crippen molar-refractivity contribution in [3.8, 4) is 0 Å². The largest absolute Gasteiger partial charge is 0.394 e. The number of hydrogen-bond donors (Lipinski definition) is 2. The average Bonchev–Trinajstić information content (AvgIpc) is 2.35. The van der Waals surface area contributed by atoms with Crippen LogP contribution in [0.4, 0.5) is 0 Å². The molecule has 0 saturated heterocycles. The van der Waals surface area contributed by atoms with E-state index in [0.717, 1.165) is 0 Å². The molecule has 1 aromatic heterocycles. The third kappa shape index (κ3) is 2.49. The van der Waals surface area contributed by atoms with E-state index in [-0.39, 0.29) is 13.2 Å². The predicted molar refractivity (Wildman–Crippen MR) is 40.3 cm³/mol. The van der Waals surface area contributed by atoms with Crippen molar-refractivity contribution in [3.05, 3.63) is 17.4 Å². The van der Waals surface area contributed by atoms with Crippen LogP contribution < -0.4 is 0 Å². The first-order chi connectivity index (χ1) is 5.22. The highest BCUT2D eigenvalue weighted by atomic mass is 35.5. The van der Waals surface area contributed by atoms with Crippen molar-refractivity contribution >= 4 is 11.6 Å². The van der Waals surface area contributed by atoms with E-state index in [1.165, 1.54) is 10.9 Å². The fourth-order valence-electron chi connectivity index (χ4n) is 0.712. The van der Waals surface area contributed by atoms with Crippen molar-refractivity contribution in [2.75, 3.05) is 6.61 Å². The third-order valence-electron chi connectivity index (χ3n) is 1.21. The number of rotatable bonds is 3. The van der Waals surface area contributed by atoms with Crippen molar-refractivity contribution in [3.63, 3.8) is 0 Å². The Kier molecular flexibility index (Phi) is 2.87. The number of halogens is 1. The Bertz CT molecular complexity index is 226. The van der Waals surface area contributed by atoms with Crippen LogP contribution in [0, 0.1) is 0 Å². The molecular formula is C6H9ClN2O2. The standard InChI is InChI=1S/C6H9ClN2O2/c7-5-1-8-9(2-5)3-6(11)4-10/h1-2,6,10-11H,3-4H2. The van der Waals surface area contributed by atoms with Gasteiger partial charge in [0.05, 0.1) is 30.5 Å². The molecule has 0 spiro atoms. The van der Waals surface area contributed by atoms with Gasteiger partial charge in [-0.25, -0.2) is 0 Å². The van der Waals surface area contributed by atoms with Crippen LogP contribution in [0.25, 0.3) is 0 Å². The van der Waals surface area contributed by atoms with Crippen LogP contribution in [0.5, 0.6) is 0 Å². The van der Waals surface area contributed by atoms with Gasteiger partial charge < -0.3 is 10.2 Å². The smallest absolute Gasteiger partial charge is 0.0966 e. The van der Waals surface area contributed by atoms with E-state index in [2.05, 4.69) is 5.10 Å². The van der Waals surface area contributed by atoms with Gasteiger partial charge in [0.2, 0.25) is 0 Å². The van der Waals surface area contributed by atoms with Crippen molar-refractivity contribution in [1.29, 1.82) is 0 Å². The maximum Gasteiger partial charge on any atom is 0.0966 e. The normalized spacial score (nSPS) is 13.4. The average molecular weight is 177 g/mol. The van der Waals surface area contributed by atoms with Crippen LogP contribution >= 0.6 is 11.6 Å². The summed E-state index contributed by atoms with van der Waals surface area (Å²) in [4.78, 5) is 0. The summed E-state index contributed by atoms with van der Waals surface area (Å²) in [6.45, 7) is 0.000693. The Labute approximate surface area is 69.0 Å². The molecule has 0 aliphatic heterocycles. The first kappa shape index (κ1) is 8.52. The van der Waals surface area contributed by atoms with Gasteiger partial charge in [-0.1, -0.05) is 11.6 Å². The lowest BCUT2D eigenvalue weighted by Gasteiger charge is -2.05. The zero-order valence-electron chi connectivity index (χ0n) is 5.81. The monoisotopic (exact) mass is 176 g/mol. The topological polar surface area (TPSA) is 58.3 Å². The molecule has 0 fully saturated rings. The predicted octanol–water partition coefficient (Wildman–Crippen LogP) is -0.110. The van der Waals surface area contributed by atoms with Gasteiger partial charge in [-0.15, -0.1) is 0 Å². The molecule has 1 aromatic rings. The second-order valence-electron chi connectivity index (χ2n) is 2.22. The van der Waals surface area contributed by atoms with E-state index >= 15 is 0 Å². The third-order valence-corrected chi connectivity index (χ3v) is 1.41. The van der Waals surface area contributed by atoms with Gasteiger partial charge in [-0.3, -0.25) is 4.68 Å². The van der Waals surface area contributed by atoms with Crippen LogP contribution in [0.3, 0.4) is 0 Å². The maximum atomic E-state index is 8.97. The molecule has 0 radical (unpaired) electrons. The van der Waals surface area contributed by atoms with Crippen molar-refractivity contribution in [2.24, 2.45) is 0 Å². The van der Waals surface area contributed by atoms with Crippen LogP contribution in [0.1, 0.15) is 0 Å². The summed E-state index contributed by atoms with van der Waals surface area (Å²) < 4.78 is 1.48. The van der Waals surface area contributed by atoms with Gasteiger partial charge in [0.15, 0.2) is 0 Å². The van der Waals surface area contributed by atoms with E-state index in [9.17, 15) is 0 Å². The number of hydrogen-bond acceptors (Lipinski definition) is 3. The van der Waals surface area contributed by atoms with E-state index < -0.39 is 6.10 Å². The van der Waals surface area contributed by atoms with Gasteiger partial charge in [-0.05, 0) is 0 Å². The van der Waals surface area contributed by atoms with E-state index in [1.807, 2.05) is 0 Å². The summed E-state index contributed by atoms with van der Waals surface area (Å²) in [5.74, 6) is 0. The lowest BCUT2D eigenvalue weighted by Crippen LogP contribution is -2.19. The van der Waals surface area contributed by atoms with Gasteiger partial charge in [0, 0.05) is 6.20 Å². The van der Waals surface area contributed by atoms with E-state index in [1.54, 1.807) is 6.20 Å². The molecule has 11 heavy (non-hydrogen) atoms. The Balaban J connectivity index is 2.50. The first-order valence-corrected chi connectivity index (χ1v) is 3.57. The lowest BCUT2D eigenvalue weighted by molar-refractivity contribution is 0.0782. The summed E-state index contributed by atoms with van der Waals surface area (Å²) in [5.41, 5.74) is 0. The lowest BCUT2D eigenvalue weighted by atomic mass is 10.4. The quantitative estimate of drug-likeness (QED) is 0.676. The second kappa shape index (κ2) is 3.71. The number of nitrogens with zero attached hydrogens (tertiary/aromatic N) is 2. The Morgan fingerprint density at radius 3 is 2.91 bits per heavy atom. The fraction of sp³-hybridized carbons (Fsp3) is 0.500. The molecule has 0 aliphatic carbocycles. The minimum atomic E-state index is -0.772. The maximum absolute atomic E-state index is 8.97. The molecule has 0 bridgehead atoms. The highest BCUT2D eigenvalue weighted by Gasteiger charge is 2.03. The Morgan fingerprint density at radius 2 is 2.45 bits per heavy atom. The van der Waals surface area contributed by atoms with Crippen LogP contribution in [0.2, 0.25) is 5.02 Å². The summed E-state index contributed by atoms with van der Waals surface area (Å²) >= 11 is 5.56. The van der Waals surface area contributed by atoms with Crippen molar-refractivity contribution in [1.82, 2.24) is 9.78 Å². The van der Waals surface area contributed by atoms with Crippen LogP contribution in [-0.2, 0) is 6.54 Å². The van der Waals surface area contributed by atoms with Gasteiger partial charge >= 0.3 is 0 Å². The zero-order valence-corrected chi connectivity index (χ0v) is 6.57. The number of aromatic nitrogens is 2. The van der Waals surface area contributed by atoms with Crippen molar-refractivity contribution < 1.29 is 10.2 Å². The fourth-order valence-corrected chi connectivity index (χ4v) is 0.868. The molecule has 62 valence electrons. The molecule has 0 aliphatic rings. The molecule has 0 amide bonds. The summed E-state index contributed by atoms with van der Waals surface area (Å²) in [6.07, 6.45) is 2.29. The Hall–Kier alpha value is -0.580. The SMILES string of the molecule is OCC(O)Cn1cc(Cl)cn1. The minimum absolute atomic E-state index is 0.266. The van der Waals surface area contributed by atoms with E-state index in [0.29, 0.717) is 5.02 Å². The first-order valence-electron chi connectivity index (χ1n) is 3.19. The summed E-state index contributed by atoms with van der Waals surface area (Å²) in [5, 5.41) is 21.8. The molecule has 4 nitrogen and oxygen atoms in total. The molecule has 1 atom stereocenters. The van der Waals surface area contributed by atoms with E-state index in [4.69, 9.17) is 21.8 Å². The summed E-state index contributed by atoms with van der Waals surface area (Å²) in [6, 6.07) is 0. The Morgan fingerprint density at radius 1 is 1.73 bits per heavy atom. The van der Waals surface area contributed by atoms with Crippen LogP contribution in [-0.4, -0.2) is 32.7 Å². The summed E-state index contributed by atoms with van der Waals surface area (Å²) in [7, 11) is 0. The highest BCUT2D eigenvalue weighted by Crippen LogP contribution is 2.04. The highest BCUT2D eigenvalue weighted by molar-refractivity contribution is 6.30. The molecule has 0 saturated carbocycles. The van der Waals surface area contributed by atoms with Gasteiger partial charge in [0.1, 0.15) is 0 Å². The molecule has 1 heterocycles. The molecular weight excluding hydrogens is 168 g/mol. The number of aliphatic hydroxyl groups excluding tert-OH is 2. The zero-order chi connectivity index (χ0) is 8.27. The molecule has 0 aromatic carbocycles.